The van der Waals surface area contributed by atoms with E-state index in [-0.39, 0.29) is 6.54 Å². The molecule has 0 radical (unpaired) electrons. The van der Waals surface area contributed by atoms with Crippen LogP contribution in [0.25, 0.3) is 0 Å². The van der Waals surface area contributed by atoms with Crippen molar-refractivity contribution in [1.82, 2.24) is 4.90 Å². The number of nitrogen functional groups attached to an aromatic ring is 1. The van der Waals surface area contributed by atoms with Crippen LogP contribution in [0.5, 0.6) is 0 Å². The van der Waals surface area contributed by atoms with Crippen molar-refractivity contribution >= 4 is 17.7 Å². The SMILES string of the molecule is COC(=O)[C@H](c1ccccc1)N(Cc1cccc(N)c1)C(=O)OC(C)(C)C. The lowest BCUT2D eigenvalue weighted by molar-refractivity contribution is -0.147. The predicted octanol–water partition coefficient (Wildman–Crippen LogP) is 3.92. The van der Waals surface area contributed by atoms with E-state index in [0.717, 1.165) is 5.56 Å². The molecular weight excluding hydrogens is 344 g/mol. The first-order valence-electron chi connectivity index (χ1n) is 8.68. The number of amides is 1. The van der Waals surface area contributed by atoms with Crippen molar-refractivity contribution in [2.75, 3.05) is 12.8 Å². The van der Waals surface area contributed by atoms with Crippen LogP contribution in [-0.2, 0) is 20.8 Å². The second kappa shape index (κ2) is 8.58. The highest BCUT2D eigenvalue weighted by Gasteiger charge is 2.35. The van der Waals surface area contributed by atoms with Crippen LogP contribution in [0.3, 0.4) is 0 Å². The summed E-state index contributed by atoms with van der Waals surface area (Å²) in [5.74, 6) is -0.545. The number of anilines is 1. The third-order valence-electron chi connectivity index (χ3n) is 3.78. The molecule has 2 aromatic carbocycles. The normalized spacial score (nSPS) is 12.1. The van der Waals surface area contributed by atoms with Crippen LogP contribution >= 0.6 is 0 Å². The summed E-state index contributed by atoms with van der Waals surface area (Å²) in [7, 11) is 1.30. The van der Waals surface area contributed by atoms with Gasteiger partial charge in [-0.2, -0.15) is 0 Å². The summed E-state index contributed by atoms with van der Waals surface area (Å²) >= 11 is 0. The first-order valence-corrected chi connectivity index (χ1v) is 8.68. The summed E-state index contributed by atoms with van der Waals surface area (Å²) in [5.41, 5.74) is 7.15. The van der Waals surface area contributed by atoms with Gasteiger partial charge in [0.25, 0.3) is 0 Å². The van der Waals surface area contributed by atoms with Crippen molar-refractivity contribution in [3.05, 3.63) is 65.7 Å². The van der Waals surface area contributed by atoms with Gasteiger partial charge in [0.1, 0.15) is 5.60 Å². The van der Waals surface area contributed by atoms with Gasteiger partial charge in [-0.15, -0.1) is 0 Å². The molecule has 0 spiro atoms. The van der Waals surface area contributed by atoms with Gasteiger partial charge < -0.3 is 15.2 Å². The lowest BCUT2D eigenvalue weighted by atomic mass is 10.0. The van der Waals surface area contributed by atoms with Crippen molar-refractivity contribution in [2.45, 2.75) is 39.0 Å². The molecule has 0 aliphatic heterocycles. The maximum atomic E-state index is 12.9. The molecule has 0 fully saturated rings. The van der Waals surface area contributed by atoms with Crippen LogP contribution < -0.4 is 5.73 Å². The summed E-state index contributed by atoms with van der Waals surface area (Å²) in [5, 5.41) is 0. The molecule has 2 N–H and O–H groups in total. The summed E-state index contributed by atoms with van der Waals surface area (Å²) in [6.07, 6.45) is -0.607. The number of hydrogen-bond donors (Lipinski definition) is 1. The zero-order valence-electron chi connectivity index (χ0n) is 16.1. The molecule has 0 bridgehead atoms. The molecule has 2 aromatic rings. The molecule has 0 aromatic heterocycles. The molecule has 0 unspecified atom stereocenters. The molecule has 0 aliphatic rings. The highest BCUT2D eigenvalue weighted by atomic mass is 16.6. The van der Waals surface area contributed by atoms with Crippen LogP contribution in [0.1, 0.15) is 37.9 Å². The molecule has 6 nitrogen and oxygen atoms in total. The first-order chi connectivity index (χ1) is 12.7. The Kier molecular flexibility index (Phi) is 6.45. The molecule has 2 rings (SSSR count). The van der Waals surface area contributed by atoms with Crippen LogP contribution in [0.2, 0.25) is 0 Å². The molecule has 1 amide bonds. The number of carbonyl (C=O) groups excluding carboxylic acids is 2. The Labute approximate surface area is 159 Å². The molecule has 144 valence electrons. The maximum absolute atomic E-state index is 12.9. The van der Waals surface area contributed by atoms with Crippen molar-refractivity contribution in [2.24, 2.45) is 0 Å². The highest BCUT2D eigenvalue weighted by Crippen LogP contribution is 2.27. The Morgan fingerprint density at radius 2 is 1.74 bits per heavy atom. The zero-order chi connectivity index (χ0) is 20.0. The van der Waals surface area contributed by atoms with Gasteiger partial charge in [0.15, 0.2) is 6.04 Å². The Morgan fingerprint density at radius 3 is 2.30 bits per heavy atom. The third kappa shape index (κ3) is 5.74. The van der Waals surface area contributed by atoms with Crippen LogP contribution in [0, 0.1) is 0 Å². The summed E-state index contributed by atoms with van der Waals surface area (Å²) in [4.78, 5) is 26.9. The number of methoxy groups -OCH3 is 1. The van der Waals surface area contributed by atoms with E-state index in [1.807, 2.05) is 12.1 Å². The van der Waals surface area contributed by atoms with Crippen molar-refractivity contribution in [3.63, 3.8) is 0 Å². The van der Waals surface area contributed by atoms with E-state index in [1.54, 1.807) is 63.2 Å². The van der Waals surface area contributed by atoms with Gasteiger partial charge in [0.05, 0.1) is 13.7 Å². The van der Waals surface area contributed by atoms with Crippen molar-refractivity contribution in [3.8, 4) is 0 Å². The van der Waals surface area contributed by atoms with Gasteiger partial charge in [-0.1, -0.05) is 42.5 Å². The van der Waals surface area contributed by atoms with Gasteiger partial charge in [-0.05, 0) is 44.0 Å². The van der Waals surface area contributed by atoms with E-state index in [0.29, 0.717) is 11.3 Å². The van der Waals surface area contributed by atoms with Gasteiger partial charge in [0.2, 0.25) is 0 Å². The van der Waals surface area contributed by atoms with Gasteiger partial charge in [0, 0.05) is 5.69 Å². The Morgan fingerprint density at radius 1 is 1.07 bits per heavy atom. The number of esters is 1. The third-order valence-corrected chi connectivity index (χ3v) is 3.78. The van der Waals surface area contributed by atoms with Crippen LogP contribution in [0.4, 0.5) is 10.5 Å². The highest BCUT2D eigenvalue weighted by molar-refractivity contribution is 5.83. The fourth-order valence-electron chi connectivity index (χ4n) is 2.66. The number of hydrogen-bond acceptors (Lipinski definition) is 5. The minimum Gasteiger partial charge on any atom is -0.467 e. The average Bonchev–Trinajstić information content (AvgIpc) is 2.60. The maximum Gasteiger partial charge on any atom is 0.411 e. The van der Waals surface area contributed by atoms with E-state index in [1.165, 1.54) is 12.0 Å². The largest absolute Gasteiger partial charge is 0.467 e. The average molecular weight is 370 g/mol. The molecule has 0 aliphatic carbocycles. The Bertz CT molecular complexity index is 784. The van der Waals surface area contributed by atoms with Gasteiger partial charge in [-0.25, -0.2) is 9.59 Å². The second-order valence-electron chi connectivity index (χ2n) is 7.19. The van der Waals surface area contributed by atoms with Crippen LogP contribution in [0.15, 0.2) is 54.6 Å². The van der Waals surface area contributed by atoms with Crippen molar-refractivity contribution in [1.29, 1.82) is 0 Å². The molecule has 0 saturated heterocycles. The number of rotatable bonds is 5. The molecule has 0 heterocycles. The number of nitrogens with zero attached hydrogens (tertiary/aromatic N) is 1. The molecule has 6 heteroatoms. The number of carbonyl (C=O) groups is 2. The van der Waals surface area contributed by atoms with E-state index in [2.05, 4.69) is 0 Å². The Hall–Kier alpha value is -3.02. The van der Waals surface area contributed by atoms with Gasteiger partial charge >= 0.3 is 12.1 Å². The van der Waals surface area contributed by atoms with E-state index >= 15 is 0 Å². The quantitative estimate of drug-likeness (QED) is 0.637. The van der Waals surface area contributed by atoms with E-state index < -0.39 is 23.7 Å². The van der Waals surface area contributed by atoms with Crippen molar-refractivity contribution < 1.29 is 19.1 Å². The number of ether oxygens (including phenoxy) is 2. The first kappa shape index (κ1) is 20.3. The van der Waals surface area contributed by atoms with E-state index in [9.17, 15) is 9.59 Å². The van der Waals surface area contributed by atoms with Gasteiger partial charge in [-0.3, -0.25) is 4.90 Å². The topological polar surface area (TPSA) is 81.9 Å². The second-order valence-corrected chi connectivity index (χ2v) is 7.19. The molecule has 0 saturated carbocycles. The molecule has 1 atom stereocenters. The molecule has 27 heavy (non-hydrogen) atoms. The Balaban J connectivity index is 2.47. The minimum absolute atomic E-state index is 0.147. The standard InChI is InChI=1S/C21H26N2O4/c1-21(2,3)27-20(25)23(14-15-9-8-12-17(22)13-15)18(19(24)26-4)16-10-6-5-7-11-16/h5-13,18H,14,22H2,1-4H3/t18-/m0/s1. The smallest absolute Gasteiger partial charge is 0.411 e. The fourth-order valence-corrected chi connectivity index (χ4v) is 2.66. The lowest BCUT2D eigenvalue weighted by Crippen LogP contribution is -2.42. The fraction of sp³-hybridized carbons (Fsp3) is 0.333. The number of nitrogens with two attached hydrogens (primary N) is 1. The summed E-state index contributed by atoms with van der Waals surface area (Å²) in [6.45, 7) is 5.48. The lowest BCUT2D eigenvalue weighted by Gasteiger charge is -2.32. The van der Waals surface area contributed by atoms with E-state index in [4.69, 9.17) is 15.2 Å². The predicted molar refractivity (Wildman–Crippen MR) is 104 cm³/mol. The summed E-state index contributed by atoms with van der Waals surface area (Å²) < 4.78 is 10.5. The minimum atomic E-state index is -0.938. The number of benzene rings is 2. The monoisotopic (exact) mass is 370 g/mol. The van der Waals surface area contributed by atoms with Crippen LogP contribution in [-0.4, -0.2) is 29.7 Å². The molecular formula is C21H26N2O4. The summed E-state index contributed by atoms with van der Waals surface area (Å²) in [6, 6.07) is 15.2. The zero-order valence-corrected chi connectivity index (χ0v) is 16.1.